The summed E-state index contributed by atoms with van der Waals surface area (Å²) >= 11 is 0. The molecule has 124 valence electrons. The van der Waals surface area contributed by atoms with Crippen molar-refractivity contribution in [3.05, 3.63) is 10.6 Å². The molecule has 0 aromatic heterocycles. The van der Waals surface area contributed by atoms with Gasteiger partial charge in [0.1, 0.15) is 5.70 Å². The van der Waals surface area contributed by atoms with Crippen molar-refractivity contribution in [3.63, 3.8) is 0 Å². The zero-order valence-corrected chi connectivity index (χ0v) is 14.6. The Hall–Kier alpha value is -1.10. The minimum absolute atomic E-state index is 0. The molecule has 0 bridgehead atoms. The third-order valence-corrected chi connectivity index (χ3v) is 5.51. The van der Waals surface area contributed by atoms with Gasteiger partial charge >= 0.3 is 24.8 Å². The van der Waals surface area contributed by atoms with E-state index in [4.69, 9.17) is 0 Å². The van der Waals surface area contributed by atoms with E-state index in [0.717, 1.165) is 0 Å². The number of carboxylic acids is 1. The van der Waals surface area contributed by atoms with E-state index in [1.54, 1.807) is 0 Å². The van der Waals surface area contributed by atoms with Gasteiger partial charge < -0.3 is 16.7 Å². The molecule has 2 rings (SSSR count). The van der Waals surface area contributed by atoms with Crippen LogP contribution in [0.25, 0.3) is 0 Å². The van der Waals surface area contributed by atoms with Crippen molar-refractivity contribution in [1.29, 1.82) is 0 Å². The Morgan fingerprint density at radius 2 is 2.09 bits per heavy atom. The average Bonchev–Trinajstić information content (AvgIpc) is 2.72. The van der Waals surface area contributed by atoms with Crippen molar-refractivity contribution < 1.29 is 44.0 Å². The van der Waals surface area contributed by atoms with Crippen molar-refractivity contribution in [3.8, 4) is 0 Å². The molecule has 2 N–H and O–H groups in total. The summed E-state index contributed by atoms with van der Waals surface area (Å²) in [6.45, 7) is 5.42. The number of carbonyl (C=O) groups excluding carboxylic acids is 2. The number of carboxylic acid groups (broad SMARTS) is 1. The van der Waals surface area contributed by atoms with Crippen molar-refractivity contribution in [1.82, 2.24) is 10.2 Å². The second kappa shape index (κ2) is 7.64. The summed E-state index contributed by atoms with van der Waals surface area (Å²) in [5.41, 5.74) is -0.131. The average molecular weight is 336 g/mol. The number of amides is 2. The Morgan fingerprint density at radius 3 is 2.57 bits per heavy atom. The number of hydrogen-bond acceptors (Lipinski definition) is 4. The molecule has 0 spiro atoms. The molecule has 0 saturated carbocycles. The molecule has 7 nitrogen and oxygen atoms in total. The quantitative estimate of drug-likeness (QED) is 0.402. The molecule has 2 aliphatic heterocycles. The van der Waals surface area contributed by atoms with Crippen LogP contribution in [-0.4, -0.2) is 50.3 Å². The molecule has 3 unspecified atom stereocenters. The van der Waals surface area contributed by atoms with Gasteiger partial charge in [0.25, 0.3) is 0 Å². The standard InChI is InChI=1S/C14H20N2O5S.Li.H/c1-7(2)11-9-6-10(22(21)5-4-15-8(3)17)12(14(19)20)16(9)13(11)18;;/h7,9,11H,4-6H2,1-3H3,(H,15,17)(H,19,20);;/q;+1;-1. The zero-order chi connectivity index (χ0) is 16.6. The first-order valence-electron chi connectivity index (χ1n) is 7.18. The molecule has 9 heteroatoms. The third-order valence-electron chi connectivity index (χ3n) is 4.03. The summed E-state index contributed by atoms with van der Waals surface area (Å²) in [5.74, 6) is -1.59. The molecule has 2 heterocycles. The molecule has 3 atom stereocenters. The van der Waals surface area contributed by atoms with Crippen LogP contribution in [0.3, 0.4) is 0 Å². The van der Waals surface area contributed by atoms with E-state index in [2.05, 4.69) is 5.32 Å². The molecule has 2 amide bonds. The van der Waals surface area contributed by atoms with Gasteiger partial charge in [0.2, 0.25) is 11.8 Å². The normalized spacial score (nSPS) is 24.0. The number of aliphatic carboxylic acids is 1. The molecular weight excluding hydrogens is 315 g/mol. The van der Waals surface area contributed by atoms with Gasteiger partial charge in [0.15, 0.2) is 0 Å². The van der Waals surface area contributed by atoms with Gasteiger partial charge in [-0.05, 0) is 5.92 Å². The van der Waals surface area contributed by atoms with E-state index in [0.29, 0.717) is 11.3 Å². The molecule has 0 radical (unpaired) electrons. The summed E-state index contributed by atoms with van der Waals surface area (Å²) in [6, 6.07) is -0.196. The fraction of sp³-hybridized carbons (Fsp3) is 0.643. The van der Waals surface area contributed by atoms with Crippen molar-refractivity contribution in [2.45, 2.75) is 33.2 Å². The number of hydrogen-bond donors (Lipinski definition) is 2. The summed E-state index contributed by atoms with van der Waals surface area (Å²) in [4.78, 5) is 36.0. The van der Waals surface area contributed by atoms with E-state index in [1.165, 1.54) is 11.8 Å². The van der Waals surface area contributed by atoms with Crippen molar-refractivity contribution >= 4 is 28.6 Å². The van der Waals surface area contributed by atoms with Crippen LogP contribution in [0.5, 0.6) is 0 Å². The van der Waals surface area contributed by atoms with Crippen LogP contribution in [0.2, 0.25) is 0 Å². The Bertz CT molecular complexity index is 596. The van der Waals surface area contributed by atoms with E-state index < -0.39 is 16.8 Å². The first-order valence-corrected chi connectivity index (χ1v) is 8.50. The summed E-state index contributed by atoms with van der Waals surface area (Å²) < 4.78 is 12.3. The molecule has 1 fully saturated rings. The van der Waals surface area contributed by atoms with Crippen LogP contribution in [0.15, 0.2) is 10.6 Å². The Labute approximate surface area is 151 Å². The molecular formula is C14H21LiN2O5S. The smallest absolute Gasteiger partial charge is 1.00 e. The molecule has 0 aliphatic carbocycles. The van der Waals surface area contributed by atoms with Gasteiger partial charge in [-0.25, -0.2) is 4.79 Å². The summed E-state index contributed by atoms with van der Waals surface area (Å²) in [5, 5.41) is 11.9. The molecule has 1 saturated heterocycles. The minimum atomic E-state index is -1.52. The second-order valence-electron chi connectivity index (χ2n) is 5.86. The topological polar surface area (TPSA) is 104 Å². The first kappa shape index (κ1) is 19.9. The SMILES string of the molecule is CC(=O)NCCS(=O)C1=C(C(=O)O)N2C(=O)C(C(C)C)C2C1.[H-].[Li+]. The number of β-lactam (4-membered cyclic amide) rings is 1. The van der Waals surface area contributed by atoms with Gasteiger partial charge in [-0.3, -0.25) is 13.8 Å². The summed E-state index contributed by atoms with van der Waals surface area (Å²) in [6.07, 6.45) is 0.336. The van der Waals surface area contributed by atoms with Gasteiger partial charge in [-0.2, -0.15) is 0 Å². The van der Waals surface area contributed by atoms with Crippen molar-refractivity contribution in [2.24, 2.45) is 11.8 Å². The van der Waals surface area contributed by atoms with Gasteiger partial charge in [-0.1, -0.05) is 13.8 Å². The Kier molecular flexibility index (Phi) is 6.63. The van der Waals surface area contributed by atoms with Crippen LogP contribution in [0, 0.1) is 11.8 Å². The minimum Gasteiger partial charge on any atom is -1.00 e. The largest absolute Gasteiger partial charge is 1.00 e. The maximum absolute atomic E-state index is 12.3. The van der Waals surface area contributed by atoms with E-state index in [9.17, 15) is 23.7 Å². The maximum Gasteiger partial charge on any atom is 1.00 e. The fourth-order valence-corrected chi connectivity index (χ4v) is 4.37. The Balaban J connectivity index is 0.00000264. The molecule has 23 heavy (non-hydrogen) atoms. The van der Waals surface area contributed by atoms with E-state index in [1.807, 2.05) is 13.8 Å². The van der Waals surface area contributed by atoms with Crippen LogP contribution in [0.4, 0.5) is 0 Å². The van der Waals surface area contributed by atoms with Gasteiger partial charge in [0, 0.05) is 30.5 Å². The predicted octanol–water partition coefficient (Wildman–Crippen LogP) is -2.83. The summed E-state index contributed by atoms with van der Waals surface area (Å²) in [7, 11) is -1.52. The van der Waals surface area contributed by atoms with Crippen LogP contribution in [-0.2, 0) is 25.2 Å². The first-order chi connectivity index (χ1) is 10.3. The number of fused-ring (bicyclic) bond motifs is 1. The molecule has 0 aromatic carbocycles. The zero-order valence-electron chi connectivity index (χ0n) is 14.8. The fourth-order valence-electron chi connectivity index (χ4n) is 3.08. The van der Waals surface area contributed by atoms with E-state index >= 15 is 0 Å². The van der Waals surface area contributed by atoms with Crippen LogP contribution < -0.4 is 24.2 Å². The monoisotopic (exact) mass is 336 g/mol. The van der Waals surface area contributed by atoms with Crippen molar-refractivity contribution in [2.75, 3.05) is 12.3 Å². The predicted molar refractivity (Wildman–Crippen MR) is 81.0 cm³/mol. The van der Waals surface area contributed by atoms with E-state index in [-0.39, 0.29) is 68.0 Å². The number of nitrogens with zero attached hydrogens (tertiary/aromatic N) is 1. The number of carbonyl (C=O) groups is 3. The second-order valence-corrected chi connectivity index (χ2v) is 7.45. The Morgan fingerprint density at radius 1 is 1.48 bits per heavy atom. The number of rotatable bonds is 6. The van der Waals surface area contributed by atoms with Crippen LogP contribution >= 0.6 is 0 Å². The molecule has 0 aromatic rings. The van der Waals surface area contributed by atoms with Gasteiger partial charge in [0.05, 0.1) is 22.8 Å². The third kappa shape index (κ3) is 3.70. The number of nitrogens with one attached hydrogen (secondary N) is 1. The molecule has 2 aliphatic rings. The van der Waals surface area contributed by atoms with Gasteiger partial charge in [-0.15, -0.1) is 0 Å². The maximum atomic E-state index is 12.3. The van der Waals surface area contributed by atoms with Crippen LogP contribution in [0.1, 0.15) is 28.6 Å².